The van der Waals surface area contributed by atoms with E-state index in [2.05, 4.69) is 15.3 Å². The van der Waals surface area contributed by atoms with Gasteiger partial charge in [0.15, 0.2) is 0 Å². The molecule has 2 heterocycles. The van der Waals surface area contributed by atoms with E-state index in [1.807, 2.05) is 13.0 Å². The van der Waals surface area contributed by atoms with E-state index in [-0.39, 0.29) is 24.9 Å². The molecule has 0 radical (unpaired) electrons. The lowest BCUT2D eigenvalue weighted by Crippen LogP contribution is -2.37. The Bertz CT molecular complexity index is 928. The molecule has 0 atom stereocenters. The second-order valence-corrected chi connectivity index (χ2v) is 7.33. The van der Waals surface area contributed by atoms with Crippen LogP contribution in [0.1, 0.15) is 21.1 Å². The molecule has 0 aliphatic rings. The summed E-state index contributed by atoms with van der Waals surface area (Å²) in [6.45, 7) is 1.99. The number of aromatic nitrogens is 2. The smallest absolute Gasteiger partial charge is 0.274 e. The number of rotatable bonds is 6. The van der Waals surface area contributed by atoms with Crippen LogP contribution in [0, 0.1) is 6.92 Å². The van der Waals surface area contributed by atoms with Crippen molar-refractivity contribution in [2.24, 2.45) is 0 Å². The average molecular weight is 401 g/mol. The number of pyridine rings is 1. The van der Waals surface area contributed by atoms with Crippen LogP contribution >= 0.6 is 22.9 Å². The quantitative estimate of drug-likeness (QED) is 0.683. The summed E-state index contributed by atoms with van der Waals surface area (Å²) in [7, 11) is 0. The average Bonchev–Trinajstić information content (AvgIpc) is 3.10. The molecule has 0 spiro atoms. The molecule has 3 rings (SSSR count). The molecule has 2 amide bonds. The van der Waals surface area contributed by atoms with Crippen LogP contribution < -0.4 is 5.32 Å². The molecule has 1 aromatic carbocycles. The van der Waals surface area contributed by atoms with E-state index in [1.165, 1.54) is 16.2 Å². The summed E-state index contributed by atoms with van der Waals surface area (Å²) in [6, 6.07) is 10.4. The highest BCUT2D eigenvalue weighted by Crippen LogP contribution is 2.15. The molecule has 0 aliphatic carbocycles. The van der Waals surface area contributed by atoms with Gasteiger partial charge in [-0.2, -0.15) is 0 Å². The molecule has 0 aliphatic heterocycles. The number of carbonyl (C=O) groups is 2. The summed E-state index contributed by atoms with van der Waals surface area (Å²) in [5.74, 6) is -0.601. The second-order valence-electron chi connectivity index (χ2n) is 5.83. The Labute approximate surface area is 165 Å². The first kappa shape index (κ1) is 19.0. The molecule has 3 aromatic rings. The fraction of sp³-hybridized carbons (Fsp3) is 0.158. The van der Waals surface area contributed by atoms with E-state index in [9.17, 15) is 9.59 Å². The molecular formula is C19H17ClN4O2S. The molecule has 0 unspecified atom stereocenters. The van der Waals surface area contributed by atoms with Crippen LogP contribution in [0.15, 0.2) is 54.2 Å². The van der Waals surface area contributed by atoms with Gasteiger partial charge in [-0.05, 0) is 42.8 Å². The maximum Gasteiger partial charge on any atom is 0.274 e. The van der Waals surface area contributed by atoms with Crippen molar-refractivity contribution in [1.29, 1.82) is 0 Å². The Morgan fingerprint density at radius 3 is 2.63 bits per heavy atom. The molecule has 2 aromatic heterocycles. The van der Waals surface area contributed by atoms with Crippen molar-refractivity contribution in [3.05, 3.63) is 75.5 Å². The predicted molar refractivity (Wildman–Crippen MR) is 106 cm³/mol. The van der Waals surface area contributed by atoms with Crippen LogP contribution in [0.2, 0.25) is 5.02 Å². The summed E-state index contributed by atoms with van der Waals surface area (Å²) in [5, 5.41) is 5.85. The highest BCUT2D eigenvalue weighted by Gasteiger charge is 2.21. The number of hydrogen-bond donors (Lipinski definition) is 1. The molecule has 8 heteroatoms. The standard InChI is InChI=1S/C19H17ClN4O2S/c1-13-22-17(12-27-13)19(26)24(10-14-3-2-8-21-9-14)11-18(25)23-16-6-4-15(20)5-7-16/h2-9,12H,10-11H2,1H3,(H,23,25). The minimum Gasteiger partial charge on any atom is -0.325 e. The summed E-state index contributed by atoms with van der Waals surface area (Å²) >= 11 is 7.25. The van der Waals surface area contributed by atoms with E-state index in [0.717, 1.165) is 10.6 Å². The zero-order valence-corrected chi connectivity index (χ0v) is 16.1. The Morgan fingerprint density at radius 2 is 2.00 bits per heavy atom. The normalized spacial score (nSPS) is 10.4. The van der Waals surface area contributed by atoms with Gasteiger partial charge in [-0.25, -0.2) is 4.98 Å². The largest absolute Gasteiger partial charge is 0.325 e. The highest BCUT2D eigenvalue weighted by atomic mass is 35.5. The minimum atomic E-state index is -0.304. The van der Waals surface area contributed by atoms with E-state index in [0.29, 0.717) is 16.4 Å². The van der Waals surface area contributed by atoms with Crippen molar-refractivity contribution in [3.8, 4) is 0 Å². The zero-order chi connectivity index (χ0) is 19.2. The first-order valence-electron chi connectivity index (χ1n) is 8.17. The van der Waals surface area contributed by atoms with Crippen molar-refractivity contribution in [1.82, 2.24) is 14.9 Å². The molecule has 0 fully saturated rings. The third-order valence-electron chi connectivity index (χ3n) is 3.68. The van der Waals surface area contributed by atoms with Crippen LogP contribution in [0.5, 0.6) is 0 Å². The molecule has 0 saturated carbocycles. The maximum atomic E-state index is 12.8. The minimum absolute atomic E-state index is 0.104. The van der Waals surface area contributed by atoms with Gasteiger partial charge in [0.1, 0.15) is 12.2 Å². The van der Waals surface area contributed by atoms with Crippen molar-refractivity contribution in [3.63, 3.8) is 0 Å². The van der Waals surface area contributed by atoms with Crippen LogP contribution in [0.25, 0.3) is 0 Å². The zero-order valence-electron chi connectivity index (χ0n) is 14.6. The van der Waals surface area contributed by atoms with Gasteiger partial charge < -0.3 is 10.2 Å². The number of nitrogens with one attached hydrogen (secondary N) is 1. The molecule has 0 bridgehead atoms. The lowest BCUT2D eigenvalue weighted by Gasteiger charge is -2.21. The number of benzene rings is 1. The summed E-state index contributed by atoms with van der Waals surface area (Å²) < 4.78 is 0. The number of hydrogen-bond acceptors (Lipinski definition) is 5. The summed E-state index contributed by atoms with van der Waals surface area (Å²) in [4.78, 5) is 35.1. The highest BCUT2D eigenvalue weighted by molar-refractivity contribution is 7.09. The number of carbonyl (C=O) groups excluding carboxylic acids is 2. The topological polar surface area (TPSA) is 75.2 Å². The number of aryl methyl sites for hydroxylation is 1. The first-order chi connectivity index (χ1) is 13.0. The predicted octanol–water partition coefficient (Wildman–Crippen LogP) is 3.78. The second kappa shape index (κ2) is 8.75. The number of halogens is 1. The van der Waals surface area contributed by atoms with Crippen molar-refractivity contribution >= 4 is 40.4 Å². The summed E-state index contributed by atoms with van der Waals surface area (Å²) in [5.41, 5.74) is 1.78. The fourth-order valence-corrected chi connectivity index (χ4v) is 3.16. The number of nitrogens with zero attached hydrogens (tertiary/aromatic N) is 3. The lowest BCUT2D eigenvalue weighted by atomic mass is 10.2. The van der Waals surface area contributed by atoms with Crippen molar-refractivity contribution < 1.29 is 9.59 Å². The Hall–Kier alpha value is -2.77. The lowest BCUT2D eigenvalue weighted by molar-refractivity contribution is -0.117. The van der Waals surface area contributed by atoms with E-state index in [1.54, 1.807) is 48.1 Å². The molecule has 0 saturated heterocycles. The van der Waals surface area contributed by atoms with Gasteiger partial charge in [0.05, 0.1) is 5.01 Å². The van der Waals surface area contributed by atoms with Gasteiger partial charge in [0.25, 0.3) is 5.91 Å². The van der Waals surface area contributed by atoms with E-state index in [4.69, 9.17) is 11.6 Å². The monoisotopic (exact) mass is 400 g/mol. The van der Waals surface area contributed by atoms with Gasteiger partial charge in [-0.3, -0.25) is 14.6 Å². The van der Waals surface area contributed by atoms with Crippen molar-refractivity contribution in [2.45, 2.75) is 13.5 Å². The Kier molecular flexibility index (Phi) is 6.16. The molecular weight excluding hydrogens is 384 g/mol. The first-order valence-corrected chi connectivity index (χ1v) is 9.43. The number of amides is 2. The van der Waals surface area contributed by atoms with Crippen LogP contribution in [-0.2, 0) is 11.3 Å². The molecule has 1 N–H and O–H groups in total. The van der Waals surface area contributed by atoms with Gasteiger partial charge >= 0.3 is 0 Å². The van der Waals surface area contributed by atoms with E-state index < -0.39 is 0 Å². The van der Waals surface area contributed by atoms with Crippen LogP contribution in [0.4, 0.5) is 5.69 Å². The van der Waals surface area contributed by atoms with Gasteiger partial charge in [-0.1, -0.05) is 17.7 Å². The maximum absolute atomic E-state index is 12.8. The van der Waals surface area contributed by atoms with Crippen LogP contribution in [-0.4, -0.2) is 33.2 Å². The number of thiazole rings is 1. The third kappa shape index (κ3) is 5.35. The van der Waals surface area contributed by atoms with Gasteiger partial charge in [-0.15, -0.1) is 11.3 Å². The van der Waals surface area contributed by atoms with Crippen LogP contribution in [0.3, 0.4) is 0 Å². The number of anilines is 1. The Balaban J connectivity index is 1.75. The SMILES string of the molecule is Cc1nc(C(=O)N(CC(=O)Nc2ccc(Cl)cc2)Cc2cccnc2)cs1. The Morgan fingerprint density at radius 1 is 1.22 bits per heavy atom. The van der Waals surface area contributed by atoms with Gasteiger partial charge in [0, 0.05) is 35.0 Å². The van der Waals surface area contributed by atoms with E-state index >= 15 is 0 Å². The fourth-order valence-electron chi connectivity index (χ4n) is 2.44. The molecule has 138 valence electrons. The molecule has 27 heavy (non-hydrogen) atoms. The third-order valence-corrected chi connectivity index (χ3v) is 4.71. The summed E-state index contributed by atoms with van der Waals surface area (Å²) in [6.07, 6.45) is 3.33. The van der Waals surface area contributed by atoms with Crippen molar-refractivity contribution in [2.75, 3.05) is 11.9 Å². The molecule has 6 nitrogen and oxygen atoms in total. The van der Waals surface area contributed by atoms with Gasteiger partial charge in [0.2, 0.25) is 5.91 Å².